The van der Waals surface area contributed by atoms with E-state index in [0.29, 0.717) is 22.6 Å². The topological polar surface area (TPSA) is 38.7 Å². The monoisotopic (exact) mass is 261 g/mol. The van der Waals surface area contributed by atoms with Crippen molar-refractivity contribution in [2.45, 2.75) is 16.7 Å². The minimum absolute atomic E-state index is 0.391. The smallest absolute Gasteiger partial charge is 0.188 e. The van der Waals surface area contributed by atoms with Crippen molar-refractivity contribution in [3.05, 3.63) is 47.8 Å². The van der Waals surface area contributed by atoms with Crippen LogP contribution in [-0.2, 0) is 6.42 Å². The molecule has 0 aliphatic rings. The Morgan fingerprint density at radius 1 is 1.00 bits per heavy atom. The van der Waals surface area contributed by atoms with Crippen LogP contribution in [-0.4, -0.2) is 15.0 Å². The van der Waals surface area contributed by atoms with E-state index in [9.17, 15) is 0 Å². The summed E-state index contributed by atoms with van der Waals surface area (Å²) < 4.78 is 0. The molecule has 2 rings (SSSR count). The molecule has 0 saturated carbocycles. The molecule has 1 heterocycles. The summed E-state index contributed by atoms with van der Waals surface area (Å²) in [6.07, 6.45) is 2.45. The van der Waals surface area contributed by atoms with Crippen LogP contribution in [0.25, 0.3) is 6.08 Å². The summed E-state index contributed by atoms with van der Waals surface area (Å²) in [5.41, 5.74) is 2.22. The average molecular weight is 261 g/mol. The normalized spacial score (nSPS) is 10.2. The van der Waals surface area contributed by atoms with Gasteiger partial charge in [-0.1, -0.05) is 36.9 Å². The Kier molecular flexibility index (Phi) is 3.81. The number of hydrogen-bond donors (Lipinski definition) is 2. The molecular weight excluding hydrogens is 250 g/mol. The zero-order valence-electron chi connectivity index (χ0n) is 9.04. The van der Waals surface area contributed by atoms with Gasteiger partial charge >= 0.3 is 0 Å². The van der Waals surface area contributed by atoms with Crippen molar-refractivity contribution in [1.82, 2.24) is 15.0 Å². The zero-order valence-corrected chi connectivity index (χ0v) is 10.8. The third kappa shape index (κ3) is 3.31. The first-order valence-electron chi connectivity index (χ1n) is 5.01. The summed E-state index contributed by atoms with van der Waals surface area (Å²) in [5.74, 6) is 0.668. The molecular formula is C12H11N3S2. The van der Waals surface area contributed by atoms with Crippen LogP contribution in [0, 0.1) is 0 Å². The SMILES string of the molecule is C=Cc1ccc(Cc2nc(S)nc(S)n2)cc1. The first-order valence-corrected chi connectivity index (χ1v) is 5.91. The second kappa shape index (κ2) is 5.33. The van der Waals surface area contributed by atoms with Gasteiger partial charge in [0.2, 0.25) is 0 Å². The van der Waals surface area contributed by atoms with Gasteiger partial charge in [0.05, 0.1) is 0 Å². The summed E-state index contributed by atoms with van der Waals surface area (Å²) in [4.78, 5) is 12.2. The quantitative estimate of drug-likeness (QED) is 0.834. The van der Waals surface area contributed by atoms with Gasteiger partial charge in [0.25, 0.3) is 0 Å². The van der Waals surface area contributed by atoms with Crippen molar-refractivity contribution in [3.8, 4) is 0 Å². The highest BCUT2D eigenvalue weighted by Crippen LogP contribution is 2.11. The number of nitrogens with zero attached hydrogens (tertiary/aromatic N) is 3. The molecule has 0 bridgehead atoms. The Hall–Kier alpha value is -1.33. The standard InChI is InChI=1S/C12H11N3S2/c1-2-8-3-5-9(6-4-8)7-10-13-11(16)15-12(17)14-10/h2-6H,1,7H2,(H2,13,14,15,16,17). The van der Waals surface area contributed by atoms with Crippen LogP contribution in [0.4, 0.5) is 0 Å². The Morgan fingerprint density at radius 3 is 2.12 bits per heavy atom. The lowest BCUT2D eigenvalue weighted by Gasteiger charge is -2.02. The van der Waals surface area contributed by atoms with Gasteiger partial charge in [-0.05, 0) is 11.1 Å². The van der Waals surface area contributed by atoms with Crippen LogP contribution in [0.3, 0.4) is 0 Å². The lowest BCUT2D eigenvalue weighted by molar-refractivity contribution is 0.752. The average Bonchev–Trinajstić information content (AvgIpc) is 2.28. The van der Waals surface area contributed by atoms with E-state index in [-0.39, 0.29) is 0 Å². The molecule has 0 N–H and O–H groups in total. The lowest BCUT2D eigenvalue weighted by atomic mass is 10.1. The zero-order chi connectivity index (χ0) is 12.3. The van der Waals surface area contributed by atoms with Gasteiger partial charge in [-0.2, -0.15) is 4.98 Å². The lowest BCUT2D eigenvalue weighted by Crippen LogP contribution is -2.00. The van der Waals surface area contributed by atoms with E-state index in [1.807, 2.05) is 30.3 Å². The maximum absolute atomic E-state index is 4.14. The summed E-state index contributed by atoms with van der Waals surface area (Å²) in [6, 6.07) is 8.06. The molecule has 0 aliphatic heterocycles. The summed E-state index contributed by atoms with van der Waals surface area (Å²) in [6.45, 7) is 3.71. The molecule has 1 aromatic heterocycles. The number of hydrogen-bond acceptors (Lipinski definition) is 5. The van der Waals surface area contributed by atoms with Gasteiger partial charge in [0, 0.05) is 6.42 Å². The second-order valence-corrected chi connectivity index (χ2v) is 4.27. The fourth-order valence-corrected chi connectivity index (χ4v) is 1.93. The van der Waals surface area contributed by atoms with Gasteiger partial charge in [-0.15, -0.1) is 25.3 Å². The molecule has 3 nitrogen and oxygen atoms in total. The van der Waals surface area contributed by atoms with E-state index < -0.39 is 0 Å². The predicted molar refractivity (Wildman–Crippen MR) is 73.7 cm³/mol. The van der Waals surface area contributed by atoms with Crippen LogP contribution in [0.1, 0.15) is 17.0 Å². The molecule has 5 heteroatoms. The molecule has 17 heavy (non-hydrogen) atoms. The highest BCUT2D eigenvalue weighted by atomic mass is 32.1. The molecule has 0 spiro atoms. The van der Waals surface area contributed by atoms with Crippen LogP contribution < -0.4 is 0 Å². The minimum atomic E-state index is 0.391. The first-order chi connectivity index (χ1) is 8.17. The van der Waals surface area contributed by atoms with E-state index >= 15 is 0 Å². The van der Waals surface area contributed by atoms with Crippen molar-refractivity contribution in [2.24, 2.45) is 0 Å². The van der Waals surface area contributed by atoms with Gasteiger partial charge in [0.1, 0.15) is 5.82 Å². The maximum atomic E-state index is 4.14. The van der Waals surface area contributed by atoms with E-state index in [0.717, 1.165) is 11.1 Å². The maximum Gasteiger partial charge on any atom is 0.188 e. The minimum Gasteiger partial charge on any atom is -0.207 e. The Labute approximate surface area is 111 Å². The Morgan fingerprint density at radius 2 is 1.59 bits per heavy atom. The number of benzene rings is 1. The molecule has 86 valence electrons. The van der Waals surface area contributed by atoms with Crippen molar-refractivity contribution in [1.29, 1.82) is 0 Å². The van der Waals surface area contributed by atoms with Gasteiger partial charge in [-0.3, -0.25) is 0 Å². The van der Waals surface area contributed by atoms with Gasteiger partial charge < -0.3 is 0 Å². The van der Waals surface area contributed by atoms with Crippen molar-refractivity contribution < 1.29 is 0 Å². The third-order valence-corrected chi connectivity index (χ3v) is 2.64. The van der Waals surface area contributed by atoms with Crippen LogP contribution in [0.2, 0.25) is 0 Å². The van der Waals surface area contributed by atoms with E-state index in [4.69, 9.17) is 0 Å². The van der Waals surface area contributed by atoms with Crippen LogP contribution >= 0.6 is 25.3 Å². The number of aromatic nitrogens is 3. The Balaban J connectivity index is 2.21. The Bertz CT molecular complexity index is 518. The van der Waals surface area contributed by atoms with E-state index in [1.165, 1.54) is 0 Å². The molecule has 0 fully saturated rings. The third-order valence-electron chi connectivity index (χ3n) is 2.24. The van der Waals surface area contributed by atoms with Gasteiger partial charge in [-0.25, -0.2) is 9.97 Å². The van der Waals surface area contributed by atoms with Crippen molar-refractivity contribution >= 4 is 31.3 Å². The highest BCUT2D eigenvalue weighted by molar-refractivity contribution is 7.80. The number of rotatable bonds is 3. The molecule has 0 atom stereocenters. The fraction of sp³-hybridized carbons (Fsp3) is 0.0833. The van der Waals surface area contributed by atoms with E-state index in [2.05, 4.69) is 46.8 Å². The van der Waals surface area contributed by atoms with Gasteiger partial charge in [0.15, 0.2) is 10.3 Å². The van der Waals surface area contributed by atoms with Crippen LogP contribution in [0.5, 0.6) is 0 Å². The first kappa shape index (κ1) is 12.1. The highest BCUT2D eigenvalue weighted by Gasteiger charge is 2.03. The van der Waals surface area contributed by atoms with Crippen molar-refractivity contribution in [3.63, 3.8) is 0 Å². The molecule has 0 amide bonds. The van der Waals surface area contributed by atoms with Crippen LogP contribution in [0.15, 0.2) is 41.2 Å². The van der Waals surface area contributed by atoms with Crippen molar-refractivity contribution in [2.75, 3.05) is 0 Å². The molecule has 0 aliphatic carbocycles. The molecule has 0 unspecified atom stereocenters. The largest absolute Gasteiger partial charge is 0.207 e. The number of thiol groups is 2. The molecule has 1 aromatic carbocycles. The fourth-order valence-electron chi connectivity index (χ4n) is 1.43. The summed E-state index contributed by atoms with van der Waals surface area (Å²) in [5, 5.41) is 0.783. The second-order valence-electron chi connectivity index (χ2n) is 3.47. The summed E-state index contributed by atoms with van der Waals surface area (Å²) >= 11 is 8.19. The molecule has 2 aromatic rings. The van der Waals surface area contributed by atoms with E-state index in [1.54, 1.807) is 0 Å². The summed E-state index contributed by atoms with van der Waals surface area (Å²) in [7, 11) is 0. The predicted octanol–water partition coefficient (Wildman–Crippen LogP) is 2.68. The molecule has 0 saturated heterocycles. The molecule has 0 radical (unpaired) electrons.